The molecule has 2 nitrogen and oxygen atoms in total. The number of halogens is 16. The van der Waals surface area contributed by atoms with Crippen LogP contribution in [0.2, 0.25) is 0 Å². The number of hydrogen-bond donors (Lipinski definition) is 0. The van der Waals surface area contributed by atoms with E-state index in [1.165, 1.54) is 24.3 Å². The van der Waals surface area contributed by atoms with Gasteiger partial charge in [0, 0.05) is 42.3 Å². The first kappa shape index (κ1) is 46.4. The van der Waals surface area contributed by atoms with Crippen molar-refractivity contribution in [1.29, 1.82) is 0 Å². The van der Waals surface area contributed by atoms with Crippen molar-refractivity contribution < 1.29 is 70.2 Å². The summed E-state index contributed by atoms with van der Waals surface area (Å²) in [6.07, 6.45) is -11.3. The van der Waals surface area contributed by atoms with Gasteiger partial charge in [0.25, 0.3) is 0 Å². The molecule has 354 valence electrons. The average Bonchev–Trinajstić information content (AvgIpc) is 3.92. The number of fused-ring (bicyclic) bond motifs is 6. The van der Waals surface area contributed by atoms with Gasteiger partial charge in [-0.3, -0.25) is 0 Å². The second kappa shape index (κ2) is 16.7. The Morgan fingerprint density at radius 3 is 0.986 bits per heavy atom. The molecular formula is C50H20F16N2S2. The summed E-state index contributed by atoms with van der Waals surface area (Å²) in [6, 6.07) is 23.3. The molecule has 70 heavy (non-hydrogen) atoms. The second-order valence-corrected chi connectivity index (χ2v) is 17.6. The van der Waals surface area contributed by atoms with Crippen LogP contribution in [0.15, 0.2) is 121 Å². The van der Waals surface area contributed by atoms with Gasteiger partial charge in [-0.1, -0.05) is 72.8 Å². The molecule has 0 aliphatic carbocycles. The summed E-state index contributed by atoms with van der Waals surface area (Å²) in [4.78, 5) is 0.634. The molecular weight excluding hydrogens is 997 g/mol. The van der Waals surface area contributed by atoms with Gasteiger partial charge in [-0.25, -0.2) is 43.9 Å². The molecule has 0 amide bonds. The SMILES string of the molecule is Fc1c(F)c(F)c(N(c2ccc(-c3ccc(N(c4c(F)c(F)c(F)c(F)c4F)c4cccc5c4sc4ccccc45)cc3C(F)(F)F)c(C(F)(F)F)c2)c2cccc3c2sc2ccccc23)c(F)c1F. The van der Waals surface area contributed by atoms with Gasteiger partial charge >= 0.3 is 12.4 Å². The van der Waals surface area contributed by atoms with E-state index in [-0.39, 0.29) is 21.5 Å². The third kappa shape index (κ3) is 7.25. The molecule has 8 aromatic carbocycles. The van der Waals surface area contributed by atoms with E-state index in [1.54, 1.807) is 48.5 Å². The number of anilines is 6. The van der Waals surface area contributed by atoms with Crippen LogP contribution in [-0.2, 0) is 12.4 Å². The van der Waals surface area contributed by atoms with Gasteiger partial charge in [-0.05, 0) is 59.7 Å². The van der Waals surface area contributed by atoms with Crippen molar-refractivity contribution in [3.8, 4) is 11.1 Å². The standard InChI is InChI=1S/C50H20F16N2S2/c51-35-37(53)41(57)45(42(58)38(35)54)67(31-11-5-9-27-25-7-1-3-13-33(25)69-47(27)31)21-15-17-23(29(19-21)49(61,62)63)24-18-16-22(20-30(24)50(64,65)66)68(46-43(59)39(55)36(52)40(56)44(46)60)32-12-6-10-28-26-8-2-4-14-34(26)70-48(28)32/h1-20H. The van der Waals surface area contributed by atoms with Crippen LogP contribution in [-0.4, -0.2) is 0 Å². The smallest absolute Gasteiger partial charge is 0.304 e. The minimum atomic E-state index is -5.66. The quantitative estimate of drug-likeness (QED) is 0.0892. The Labute approximate surface area is 390 Å². The number of hydrogen-bond acceptors (Lipinski definition) is 4. The predicted molar refractivity (Wildman–Crippen MR) is 237 cm³/mol. The maximum absolute atomic E-state index is 15.9. The van der Waals surface area contributed by atoms with Gasteiger partial charge in [-0.2, -0.15) is 26.3 Å². The van der Waals surface area contributed by atoms with E-state index in [4.69, 9.17) is 0 Å². The van der Waals surface area contributed by atoms with Crippen molar-refractivity contribution in [3.63, 3.8) is 0 Å². The predicted octanol–water partition coefficient (Wildman–Crippen LogP) is 18.5. The summed E-state index contributed by atoms with van der Waals surface area (Å²) in [5, 5.41) is 1.77. The first-order valence-corrected chi connectivity index (χ1v) is 21.7. The maximum Gasteiger partial charge on any atom is 0.417 e. The van der Waals surface area contributed by atoms with Crippen LogP contribution in [0.1, 0.15) is 11.1 Å². The topological polar surface area (TPSA) is 6.48 Å². The molecule has 0 aliphatic rings. The summed E-state index contributed by atoms with van der Waals surface area (Å²) in [7, 11) is 0. The molecule has 2 aromatic heterocycles. The highest BCUT2D eigenvalue weighted by molar-refractivity contribution is 7.26. The Morgan fingerprint density at radius 2 is 0.643 bits per heavy atom. The van der Waals surface area contributed by atoms with E-state index >= 15 is 43.9 Å². The Morgan fingerprint density at radius 1 is 0.329 bits per heavy atom. The lowest BCUT2D eigenvalue weighted by atomic mass is 9.93. The lowest BCUT2D eigenvalue weighted by molar-refractivity contribution is -0.139. The zero-order chi connectivity index (χ0) is 49.9. The largest absolute Gasteiger partial charge is 0.417 e. The summed E-state index contributed by atoms with van der Waals surface area (Å²) in [5.74, 6) is -24.9. The summed E-state index contributed by atoms with van der Waals surface area (Å²) >= 11 is 1.89. The van der Waals surface area contributed by atoms with Gasteiger partial charge in [0.1, 0.15) is 11.4 Å². The average molecular weight is 1020 g/mol. The molecule has 0 fully saturated rings. The van der Waals surface area contributed by atoms with Crippen LogP contribution >= 0.6 is 22.7 Å². The van der Waals surface area contributed by atoms with Crippen molar-refractivity contribution in [2.24, 2.45) is 0 Å². The zero-order valence-corrected chi connectivity index (χ0v) is 35.9. The highest BCUT2D eigenvalue weighted by atomic mass is 32.1. The second-order valence-electron chi connectivity index (χ2n) is 15.5. The van der Waals surface area contributed by atoms with Crippen molar-refractivity contribution >= 4 is 97.1 Å². The van der Waals surface area contributed by atoms with E-state index < -0.39 is 127 Å². The third-order valence-corrected chi connectivity index (χ3v) is 13.9. The van der Waals surface area contributed by atoms with Crippen LogP contribution in [0.25, 0.3) is 51.5 Å². The lowest BCUT2D eigenvalue weighted by Crippen LogP contribution is -2.19. The first-order valence-electron chi connectivity index (χ1n) is 20.1. The monoisotopic (exact) mass is 1020 g/mol. The highest BCUT2D eigenvalue weighted by Crippen LogP contribution is 2.53. The fourth-order valence-electron chi connectivity index (χ4n) is 8.45. The van der Waals surface area contributed by atoms with Crippen LogP contribution < -0.4 is 9.80 Å². The summed E-state index contributed by atoms with van der Waals surface area (Å²) < 4.78 is 246. The first-order chi connectivity index (χ1) is 33.2. The van der Waals surface area contributed by atoms with Crippen LogP contribution in [0.4, 0.5) is 104 Å². The molecule has 0 saturated heterocycles. The molecule has 20 heteroatoms. The molecule has 0 unspecified atom stereocenters. The Balaban J connectivity index is 1.23. The van der Waals surface area contributed by atoms with E-state index in [0.717, 1.165) is 34.8 Å². The Hall–Kier alpha value is -7.32. The van der Waals surface area contributed by atoms with E-state index in [0.29, 0.717) is 65.0 Å². The Bertz CT molecular complexity index is 3500. The maximum atomic E-state index is 15.9. The Kier molecular flexibility index (Phi) is 11.1. The number of nitrogens with zero attached hydrogens (tertiary/aromatic N) is 2. The molecule has 0 spiro atoms. The van der Waals surface area contributed by atoms with Crippen LogP contribution in [0.5, 0.6) is 0 Å². The molecule has 10 rings (SSSR count). The van der Waals surface area contributed by atoms with Crippen LogP contribution in [0.3, 0.4) is 0 Å². The number of alkyl halides is 6. The molecule has 0 atom stereocenters. The lowest BCUT2D eigenvalue weighted by Gasteiger charge is -2.29. The minimum Gasteiger partial charge on any atom is -0.304 e. The fourth-order valence-corrected chi connectivity index (χ4v) is 10.9. The molecule has 0 bridgehead atoms. The van der Waals surface area contributed by atoms with E-state index in [9.17, 15) is 26.3 Å². The number of benzene rings is 8. The van der Waals surface area contributed by atoms with Gasteiger partial charge in [0.15, 0.2) is 46.5 Å². The van der Waals surface area contributed by atoms with E-state index in [2.05, 4.69) is 0 Å². The fraction of sp³-hybridized carbons (Fsp3) is 0.0400. The number of thiophene rings is 2. The van der Waals surface area contributed by atoms with Crippen molar-refractivity contribution in [2.45, 2.75) is 12.4 Å². The van der Waals surface area contributed by atoms with Gasteiger partial charge in [-0.15, -0.1) is 22.7 Å². The van der Waals surface area contributed by atoms with Gasteiger partial charge < -0.3 is 9.80 Å². The molecule has 0 saturated carbocycles. The number of rotatable bonds is 7. The third-order valence-electron chi connectivity index (χ3n) is 11.5. The molecule has 0 radical (unpaired) electrons. The van der Waals surface area contributed by atoms with E-state index in [1.807, 2.05) is 0 Å². The summed E-state index contributed by atoms with van der Waals surface area (Å²) in [6.45, 7) is 0. The van der Waals surface area contributed by atoms with Crippen molar-refractivity contribution in [2.75, 3.05) is 9.80 Å². The van der Waals surface area contributed by atoms with Crippen LogP contribution in [0, 0.1) is 58.2 Å². The normalized spacial score (nSPS) is 12.3. The molecule has 0 aliphatic heterocycles. The summed E-state index contributed by atoms with van der Waals surface area (Å²) in [5.41, 5.74) is -12.6. The molecule has 0 N–H and O–H groups in total. The van der Waals surface area contributed by atoms with Gasteiger partial charge in [0.05, 0.1) is 31.9 Å². The van der Waals surface area contributed by atoms with Crippen molar-refractivity contribution in [3.05, 3.63) is 191 Å². The minimum absolute atomic E-state index is 0.0879. The van der Waals surface area contributed by atoms with Gasteiger partial charge in [0.2, 0.25) is 11.6 Å². The molecule has 10 aromatic rings. The molecule has 2 heterocycles. The van der Waals surface area contributed by atoms with Crippen molar-refractivity contribution in [1.82, 2.24) is 0 Å². The zero-order valence-electron chi connectivity index (χ0n) is 34.3. The highest BCUT2D eigenvalue weighted by Gasteiger charge is 2.41.